The Morgan fingerprint density at radius 1 is 1.24 bits per heavy atom. The van der Waals surface area contributed by atoms with Gasteiger partial charge in [-0.25, -0.2) is 0 Å². The van der Waals surface area contributed by atoms with Crippen LogP contribution in [0, 0.1) is 16.0 Å². The molecule has 158 valence electrons. The van der Waals surface area contributed by atoms with Crippen molar-refractivity contribution in [2.45, 2.75) is 51.5 Å². The largest absolute Gasteiger partial charge is 0.377 e. The summed E-state index contributed by atoms with van der Waals surface area (Å²) in [4.78, 5) is 39.9. The molecule has 2 amide bonds. The zero-order chi connectivity index (χ0) is 21.0. The van der Waals surface area contributed by atoms with Crippen molar-refractivity contribution in [1.29, 1.82) is 0 Å². The lowest BCUT2D eigenvalue weighted by molar-refractivity contribution is -0.384. The Morgan fingerprint density at radius 3 is 2.52 bits per heavy atom. The van der Waals surface area contributed by atoms with Gasteiger partial charge >= 0.3 is 0 Å². The highest BCUT2D eigenvalue weighted by Gasteiger charge is 2.31. The van der Waals surface area contributed by atoms with Crippen molar-refractivity contribution >= 4 is 23.2 Å². The second-order valence-corrected chi connectivity index (χ2v) is 8.09. The molecule has 0 radical (unpaired) electrons. The number of nitro benzene ring substituents is 1. The minimum atomic E-state index is -0.446. The molecule has 2 aliphatic rings. The molecule has 1 saturated carbocycles. The number of rotatable bonds is 8. The molecule has 0 spiro atoms. The van der Waals surface area contributed by atoms with E-state index in [0.717, 1.165) is 32.2 Å². The summed E-state index contributed by atoms with van der Waals surface area (Å²) in [5, 5.41) is 14.6. The molecule has 0 bridgehead atoms. The molecular formula is C21H30N4O4. The summed E-state index contributed by atoms with van der Waals surface area (Å²) in [5.41, 5.74) is 0.724. The average Bonchev–Trinajstić information content (AvgIpc) is 3.55. The maximum absolute atomic E-state index is 12.9. The number of nitrogens with zero attached hydrogens (tertiary/aromatic N) is 3. The number of nitrogens with one attached hydrogen (secondary N) is 1. The summed E-state index contributed by atoms with van der Waals surface area (Å²) < 4.78 is 0. The lowest BCUT2D eigenvalue weighted by Gasteiger charge is -2.33. The highest BCUT2D eigenvalue weighted by atomic mass is 16.6. The van der Waals surface area contributed by atoms with Crippen LogP contribution in [0.4, 0.5) is 11.4 Å². The fraction of sp³-hybridized carbons (Fsp3) is 0.619. The molecule has 2 fully saturated rings. The molecule has 1 aromatic carbocycles. The fourth-order valence-corrected chi connectivity index (χ4v) is 3.71. The van der Waals surface area contributed by atoms with Gasteiger partial charge in [-0.3, -0.25) is 19.7 Å². The molecule has 0 aromatic heterocycles. The van der Waals surface area contributed by atoms with E-state index in [1.165, 1.54) is 6.07 Å². The average molecular weight is 402 g/mol. The predicted octanol–water partition coefficient (Wildman–Crippen LogP) is 3.28. The molecule has 0 unspecified atom stereocenters. The van der Waals surface area contributed by atoms with Crippen molar-refractivity contribution in [1.82, 2.24) is 9.80 Å². The smallest absolute Gasteiger partial charge is 0.293 e. The van der Waals surface area contributed by atoms with Crippen LogP contribution in [0.2, 0.25) is 0 Å². The number of carbonyl (C=O) groups excluding carboxylic acids is 2. The van der Waals surface area contributed by atoms with E-state index in [0.29, 0.717) is 43.2 Å². The number of likely N-dealkylation sites (tertiary alicyclic amines) is 1. The molecule has 1 aliphatic carbocycles. The zero-order valence-electron chi connectivity index (χ0n) is 17.2. The van der Waals surface area contributed by atoms with Gasteiger partial charge in [-0.1, -0.05) is 13.3 Å². The molecule has 8 nitrogen and oxygen atoms in total. The van der Waals surface area contributed by atoms with Crippen LogP contribution in [0.25, 0.3) is 0 Å². The van der Waals surface area contributed by atoms with E-state index < -0.39 is 4.92 Å². The number of anilines is 1. The summed E-state index contributed by atoms with van der Waals surface area (Å²) in [6.07, 6.45) is 5.32. The number of amides is 2. The monoisotopic (exact) mass is 402 g/mol. The van der Waals surface area contributed by atoms with E-state index >= 15 is 0 Å². The summed E-state index contributed by atoms with van der Waals surface area (Å²) in [6.45, 7) is 3.85. The molecule has 1 aliphatic heterocycles. The van der Waals surface area contributed by atoms with Crippen molar-refractivity contribution in [3.63, 3.8) is 0 Å². The summed E-state index contributed by atoms with van der Waals surface area (Å²) in [7, 11) is 1.84. The van der Waals surface area contributed by atoms with Gasteiger partial charge in [0.25, 0.3) is 11.6 Å². The Hall–Kier alpha value is -2.64. The Morgan fingerprint density at radius 2 is 1.93 bits per heavy atom. The van der Waals surface area contributed by atoms with E-state index in [1.807, 2.05) is 7.05 Å². The topological polar surface area (TPSA) is 95.8 Å². The Bertz CT molecular complexity index is 770. The molecule has 1 N–H and O–H groups in total. The number of hydrogen-bond acceptors (Lipinski definition) is 5. The van der Waals surface area contributed by atoms with Gasteiger partial charge < -0.3 is 15.1 Å². The third-order valence-electron chi connectivity index (χ3n) is 5.73. The van der Waals surface area contributed by atoms with Gasteiger partial charge in [0.1, 0.15) is 5.69 Å². The lowest BCUT2D eigenvalue weighted by Crippen LogP contribution is -2.43. The number of nitro groups is 1. The van der Waals surface area contributed by atoms with Gasteiger partial charge in [0, 0.05) is 50.3 Å². The van der Waals surface area contributed by atoms with E-state index in [1.54, 1.807) is 21.9 Å². The first-order valence-corrected chi connectivity index (χ1v) is 10.5. The minimum Gasteiger partial charge on any atom is -0.377 e. The lowest BCUT2D eigenvalue weighted by atomic mass is 9.94. The van der Waals surface area contributed by atoms with Gasteiger partial charge in [0.2, 0.25) is 5.91 Å². The second-order valence-electron chi connectivity index (χ2n) is 8.09. The van der Waals surface area contributed by atoms with Crippen molar-refractivity contribution in [3.05, 3.63) is 33.9 Å². The maximum atomic E-state index is 12.9. The number of piperidine rings is 1. The van der Waals surface area contributed by atoms with Crippen LogP contribution in [-0.4, -0.2) is 59.3 Å². The minimum absolute atomic E-state index is 0.0552. The van der Waals surface area contributed by atoms with Crippen LogP contribution in [-0.2, 0) is 4.79 Å². The van der Waals surface area contributed by atoms with Crippen molar-refractivity contribution in [3.8, 4) is 0 Å². The molecule has 1 aromatic rings. The Balaban J connectivity index is 1.61. The summed E-state index contributed by atoms with van der Waals surface area (Å²) in [5.74, 6) is -0.117. The summed E-state index contributed by atoms with van der Waals surface area (Å²) in [6, 6.07) is 4.93. The van der Waals surface area contributed by atoms with Crippen molar-refractivity contribution < 1.29 is 14.5 Å². The van der Waals surface area contributed by atoms with Crippen LogP contribution in [0.3, 0.4) is 0 Å². The van der Waals surface area contributed by atoms with Crippen LogP contribution < -0.4 is 5.32 Å². The van der Waals surface area contributed by atoms with Crippen molar-refractivity contribution in [2.75, 3.05) is 32.0 Å². The number of carbonyl (C=O) groups is 2. The number of unbranched alkanes of at least 4 members (excludes halogenated alkanes) is 1. The first-order valence-electron chi connectivity index (χ1n) is 10.5. The third-order valence-corrected chi connectivity index (χ3v) is 5.73. The number of hydrogen-bond donors (Lipinski definition) is 1. The first kappa shape index (κ1) is 21.1. The van der Waals surface area contributed by atoms with E-state index in [9.17, 15) is 19.7 Å². The SMILES string of the molecule is CCCCN(C)C(=O)C1CCN(C(=O)c2ccc(NC3CC3)c([N+](=O)[O-])c2)CC1. The quantitative estimate of drug-likeness (QED) is 0.532. The number of benzene rings is 1. The zero-order valence-corrected chi connectivity index (χ0v) is 17.2. The first-order chi connectivity index (χ1) is 13.9. The molecule has 29 heavy (non-hydrogen) atoms. The van der Waals surface area contributed by atoms with Crippen molar-refractivity contribution in [2.24, 2.45) is 5.92 Å². The fourth-order valence-electron chi connectivity index (χ4n) is 3.71. The van der Waals surface area contributed by atoms with Crippen LogP contribution in [0.5, 0.6) is 0 Å². The molecule has 1 heterocycles. The predicted molar refractivity (Wildman–Crippen MR) is 111 cm³/mol. The van der Waals surface area contributed by atoms with E-state index in [4.69, 9.17) is 0 Å². The van der Waals surface area contributed by atoms with E-state index in [-0.39, 0.29) is 23.4 Å². The van der Waals surface area contributed by atoms with E-state index in [2.05, 4.69) is 12.2 Å². The Labute approximate surface area is 171 Å². The van der Waals surface area contributed by atoms with Crippen LogP contribution in [0.15, 0.2) is 18.2 Å². The molecular weight excluding hydrogens is 372 g/mol. The standard InChI is InChI=1S/C21H30N4O4/c1-3-4-11-23(2)20(26)15-9-12-24(13-10-15)21(27)16-5-8-18(22-17-6-7-17)19(14-16)25(28)29/h5,8,14-15,17,22H,3-4,6-7,9-13H2,1-2H3. The molecule has 1 saturated heterocycles. The van der Waals surface area contributed by atoms with Crippen LogP contribution >= 0.6 is 0 Å². The van der Waals surface area contributed by atoms with Crippen LogP contribution in [0.1, 0.15) is 55.8 Å². The maximum Gasteiger partial charge on any atom is 0.293 e. The highest BCUT2D eigenvalue weighted by molar-refractivity contribution is 5.96. The Kier molecular flexibility index (Phi) is 6.71. The van der Waals surface area contributed by atoms with Gasteiger partial charge in [-0.05, 0) is 44.2 Å². The third kappa shape index (κ3) is 5.25. The van der Waals surface area contributed by atoms with Gasteiger partial charge in [0.05, 0.1) is 4.92 Å². The van der Waals surface area contributed by atoms with Gasteiger partial charge in [-0.2, -0.15) is 0 Å². The molecule has 8 heteroatoms. The normalized spacial score (nSPS) is 17.1. The second kappa shape index (κ2) is 9.24. The molecule has 0 atom stereocenters. The summed E-state index contributed by atoms with van der Waals surface area (Å²) >= 11 is 0. The van der Waals surface area contributed by atoms with Gasteiger partial charge in [0.15, 0.2) is 0 Å². The van der Waals surface area contributed by atoms with Gasteiger partial charge in [-0.15, -0.1) is 0 Å². The molecule has 3 rings (SSSR count). The highest BCUT2D eigenvalue weighted by Crippen LogP contribution is 2.32.